The zero-order valence-electron chi connectivity index (χ0n) is 22.3. The average Bonchev–Trinajstić information content (AvgIpc) is 3.55. The van der Waals surface area contributed by atoms with Crippen molar-refractivity contribution in [2.24, 2.45) is 11.8 Å². The van der Waals surface area contributed by atoms with Gasteiger partial charge in [0.05, 0.1) is 43.7 Å². The van der Waals surface area contributed by atoms with E-state index in [-0.39, 0.29) is 60.0 Å². The molecule has 0 spiro atoms. The maximum absolute atomic E-state index is 12.0. The first-order valence-electron chi connectivity index (χ1n) is 12.9. The van der Waals surface area contributed by atoms with Gasteiger partial charge in [-0.3, -0.25) is 0 Å². The summed E-state index contributed by atoms with van der Waals surface area (Å²) in [5, 5.41) is 41.2. The van der Waals surface area contributed by atoms with Gasteiger partial charge in [-0.05, 0) is 46.0 Å². The van der Waals surface area contributed by atoms with E-state index in [4.69, 9.17) is 14.2 Å². The number of hydrogen-bond donors (Lipinski definition) is 3. The van der Waals surface area contributed by atoms with Gasteiger partial charge in [-0.2, -0.15) is 0 Å². The molecule has 0 aromatic carbocycles. The van der Waals surface area contributed by atoms with Gasteiger partial charge in [-0.1, -0.05) is 38.2 Å². The van der Waals surface area contributed by atoms with Crippen LogP contribution in [0.2, 0.25) is 0 Å². The van der Waals surface area contributed by atoms with E-state index in [0.717, 1.165) is 32.1 Å². The molecule has 3 N–H and O–H groups in total. The third kappa shape index (κ3) is 11.9. The smallest absolute Gasteiger partial charge is 0.550 e. The topological polar surface area (TPSA) is 149 Å². The Kier molecular flexibility index (Phi) is 16.0. The van der Waals surface area contributed by atoms with Crippen LogP contribution in [0.4, 0.5) is 0 Å². The van der Waals surface area contributed by atoms with Crippen molar-refractivity contribution in [2.45, 2.75) is 115 Å². The Morgan fingerprint density at radius 3 is 2.33 bits per heavy atom. The summed E-state index contributed by atoms with van der Waals surface area (Å²) < 4.78 is 16.7. The summed E-state index contributed by atoms with van der Waals surface area (Å²) in [5.41, 5.74) is 0.703. The van der Waals surface area contributed by atoms with Gasteiger partial charge in [0.2, 0.25) is 0 Å². The molecule has 0 amide bonds. The molecule has 0 aromatic rings. The summed E-state index contributed by atoms with van der Waals surface area (Å²) in [7, 11) is 0. The summed E-state index contributed by atoms with van der Waals surface area (Å²) >= 11 is 0. The van der Waals surface area contributed by atoms with Crippen LogP contribution in [0.1, 0.15) is 78.6 Å². The Hall–Kier alpha value is -0.520. The van der Waals surface area contributed by atoms with Gasteiger partial charge >= 0.3 is 35.5 Å². The van der Waals surface area contributed by atoms with Crippen molar-refractivity contribution >= 4 is 11.9 Å². The predicted octanol–water partition coefficient (Wildman–Crippen LogP) is -1.74. The summed E-state index contributed by atoms with van der Waals surface area (Å²) in [6.45, 7) is 6.05. The first-order chi connectivity index (χ1) is 16.6. The summed E-state index contributed by atoms with van der Waals surface area (Å²) in [4.78, 5) is 22.4. The third-order valence-electron chi connectivity index (χ3n) is 7.08. The Morgan fingerprint density at radius 1 is 1.06 bits per heavy atom. The van der Waals surface area contributed by atoms with Crippen LogP contribution in [0.5, 0.6) is 0 Å². The molecule has 2 rings (SSSR count). The van der Waals surface area contributed by atoms with Crippen molar-refractivity contribution < 1.29 is 73.8 Å². The fourth-order valence-corrected chi connectivity index (χ4v) is 4.58. The van der Waals surface area contributed by atoms with E-state index in [9.17, 15) is 30.0 Å². The van der Waals surface area contributed by atoms with Crippen LogP contribution < -0.4 is 34.7 Å². The average molecular weight is 523 g/mol. The Bertz CT molecular complexity index is 699. The van der Waals surface area contributed by atoms with Gasteiger partial charge in [0, 0.05) is 23.9 Å². The molecule has 2 heterocycles. The van der Waals surface area contributed by atoms with Gasteiger partial charge in [0.25, 0.3) is 0 Å². The molecule has 0 unspecified atom stereocenters. The first kappa shape index (κ1) is 33.5. The van der Waals surface area contributed by atoms with Gasteiger partial charge in [0.15, 0.2) is 0 Å². The Labute approximate surface area is 236 Å². The molecule has 2 saturated heterocycles. The normalized spacial score (nSPS) is 29.7. The molecule has 36 heavy (non-hydrogen) atoms. The number of carbonyl (C=O) groups excluding carboxylic acids is 2. The number of unbranched alkanes of at least 4 members (excludes halogenated alkanes) is 5. The zero-order chi connectivity index (χ0) is 26.0. The summed E-state index contributed by atoms with van der Waals surface area (Å²) in [5.74, 6) is -1.68. The van der Waals surface area contributed by atoms with E-state index in [2.05, 4.69) is 0 Å². The minimum Gasteiger partial charge on any atom is -0.550 e. The summed E-state index contributed by atoms with van der Waals surface area (Å²) in [6.07, 6.45) is 4.29. The van der Waals surface area contributed by atoms with E-state index in [1.54, 1.807) is 13.8 Å². The number of carboxylic acid groups (broad SMARTS) is 1. The molecule has 0 bridgehead atoms. The number of carboxylic acids is 1. The van der Waals surface area contributed by atoms with E-state index in [1.807, 2.05) is 6.92 Å². The van der Waals surface area contributed by atoms with Crippen LogP contribution >= 0.6 is 0 Å². The van der Waals surface area contributed by atoms with Crippen LogP contribution in [0, 0.1) is 11.8 Å². The Balaban J connectivity index is 0.00000648. The van der Waals surface area contributed by atoms with E-state index in [0.29, 0.717) is 38.0 Å². The third-order valence-corrected chi connectivity index (χ3v) is 7.08. The number of ether oxygens (including phenoxy) is 3. The monoisotopic (exact) mass is 522 g/mol. The molecule has 2 aliphatic rings. The molecule has 0 aliphatic carbocycles. The molecule has 9 nitrogen and oxygen atoms in total. The number of hydrogen-bond acceptors (Lipinski definition) is 9. The molecule has 0 aromatic heterocycles. The van der Waals surface area contributed by atoms with Crippen molar-refractivity contribution in [3.05, 3.63) is 11.6 Å². The molecule has 0 saturated carbocycles. The van der Waals surface area contributed by atoms with Crippen molar-refractivity contribution in [1.82, 2.24) is 0 Å². The number of epoxide rings is 1. The minimum absolute atomic E-state index is 0. The molecular formula is C26H43NaO9. The second kappa shape index (κ2) is 17.1. The molecule has 2 fully saturated rings. The van der Waals surface area contributed by atoms with Gasteiger partial charge in [0.1, 0.15) is 6.10 Å². The standard InChI is InChI=1S/C26H44O9.Na/c1-16(13-23(30)33-11-9-7-5-4-6-8-10-22(28)29)12-20-25(32)24(31)19(15-34-20)14-21-26(35-21)17(2)18(3)27;/h13,17-21,24-27,31-32H,4-12,14-15H2,1-3H3,(H,28,29);/q;+1/p-1/b16-13+;/t17-,18-,19-,20-,21-,24+,25-,26-;/m0./s1. The maximum atomic E-state index is 12.0. The molecule has 2 aliphatic heterocycles. The quantitative estimate of drug-likeness (QED) is 0.0706. The second-order valence-electron chi connectivity index (χ2n) is 10.2. The SMILES string of the molecule is C/C(=C\C(=O)OCCCCCCCCC(=O)[O-])C[C@@H]1OC[C@H](C[C@@H]2O[C@H]2[C@@H](C)[C@H](C)O)[C@@H](O)[C@H]1O.[Na+]. The number of esters is 1. The van der Waals surface area contributed by atoms with Crippen LogP contribution in [-0.2, 0) is 23.8 Å². The second-order valence-corrected chi connectivity index (χ2v) is 10.2. The zero-order valence-corrected chi connectivity index (χ0v) is 24.3. The molecular weight excluding hydrogens is 479 g/mol. The van der Waals surface area contributed by atoms with Crippen molar-refractivity contribution in [3.63, 3.8) is 0 Å². The fraction of sp³-hybridized carbons (Fsp3) is 0.846. The van der Waals surface area contributed by atoms with Crippen molar-refractivity contribution in [2.75, 3.05) is 13.2 Å². The summed E-state index contributed by atoms with van der Waals surface area (Å²) in [6, 6.07) is 0. The predicted molar refractivity (Wildman–Crippen MR) is 126 cm³/mol. The number of rotatable bonds is 16. The number of aliphatic hydroxyl groups excluding tert-OH is 3. The van der Waals surface area contributed by atoms with Gasteiger partial charge in [-0.25, -0.2) is 4.79 Å². The Morgan fingerprint density at radius 2 is 1.69 bits per heavy atom. The van der Waals surface area contributed by atoms with Crippen LogP contribution in [0.25, 0.3) is 0 Å². The van der Waals surface area contributed by atoms with E-state index in [1.165, 1.54) is 6.08 Å². The molecule has 202 valence electrons. The molecule has 0 radical (unpaired) electrons. The number of carbonyl (C=O) groups is 2. The number of aliphatic carboxylic acids is 1. The minimum atomic E-state index is -1.06. The fourth-order valence-electron chi connectivity index (χ4n) is 4.58. The van der Waals surface area contributed by atoms with E-state index >= 15 is 0 Å². The van der Waals surface area contributed by atoms with Crippen LogP contribution in [0.3, 0.4) is 0 Å². The van der Waals surface area contributed by atoms with Crippen LogP contribution in [0.15, 0.2) is 11.6 Å². The van der Waals surface area contributed by atoms with E-state index < -0.39 is 36.4 Å². The van der Waals surface area contributed by atoms with Gasteiger partial charge < -0.3 is 39.4 Å². The van der Waals surface area contributed by atoms with Crippen LogP contribution in [-0.4, -0.2) is 77.1 Å². The molecule has 10 heteroatoms. The largest absolute Gasteiger partial charge is 1.00 e. The van der Waals surface area contributed by atoms with Crippen molar-refractivity contribution in [3.8, 4) is 0 Å². The first-order valence-corrected chi connectivity index (χ1v) is 12.9. The maximum Gasteiger partial charge on any atom is 1.00 e. The van der Waals surface area contributed by atoms with Crippen molar-refractivity contribution in [1.29, 1.82) is 0 Å². The number of aliphatic hydroxyl groups is 3. The molecule has 8 atom stereocenters. The van der Waals surface area contributed by atoms with Gasteiger partial charge in [-0.15, -0.1) is 0 Å².